The van der Waals surface area contributed by atoms with Crippen molar-refractivity contribution in [3.8, 4) is 0 Å². The van der Waals surface area contributed by atoms with E-state index in [1.54, 1.807) is 0 Å². The maximum atomic E-state index is 13.0. The Hall–Kier alpha value is -1.94. The van der Waals surface area contributed by atoms with Crippen molar-refractivity contribution >= 4 is 39.5 Å². The molecular formula is C71H138O17P2. The first-order chi connectivity index (χ1) is 43.2. The molecule has 0 fully saturated rings. The largest absolute Gasteiger partial charge is 0.472 e. The summed E-state index contributed by atoms with van der Waals surface area (Å²) in [6.45, 7) is 11.8. The van der Waals surface area contributed by atoms with Gasteiger partial charge in [-0.15, -0.1) is 0 Å². The van der Waals surface area contributed by atoms with Crippen molar-refractivity contribution in [1.82, 2.24) is 0 Å². The van der Waals surface area contributed by atoms with Crippen LogP contribution in [0.25, 0.3) is 0 Å². The van der Waals surface area contributed by atoms with E-state index in [1.807, 2.05) is 0 Å². The highest BCUT2D eigenvalue weighted by Crippen LogP contribution is 2.45. The maximum absolute atomic E-state index is 13.0. The van der Waals surface area contributed by atoms with Crippen LogP contribution in [-0.4, -0.2) is 96.7 Å². The van der Waals surface area contributed by atoms with Gasteiger partial charge in [0.2, 0.25) is 0 Å². The lowest BCUT2D eigenvalue weighted by molar-refractivity contribution is -0.161. The molecule has 0 bridgehead atoms. The van der Waals surface area contributed by atoms with E-state index in [2.05, 4.69) is 48.5 Å². The number of aliphatic hydroxyl groups excluding tert-OH is 1. The molecule has 0 radical (unpaired) electrons. The molecule has 0 aromatic rings. The summed E-state index contributed by atoms with van der Waals surface area (Å²) in [4.78, 5) is 72.6. The zero-order chi connectivity index (χ0) is 66.6. The first-order valence-electron chi connectivity index (χ1n) is 36.8. The predicted molar refractivity (Wildman–Crippen MR) is 363 cm³/mol. The molecule has 0 saturated heterocycles. The fraction of sp³-hybridized carbons (Fsp3) is 0.944. The molecule has 0 aliphatic heterocycles. The average Bonchev–Trinajstić information content (AvgIpc) is 3.25. The topological polar surface area (TPSA) is 237 Å². The zero-order valence-corrected chi connectivity index (χ0v) is 60.4. The van der Waals surface area contributed by atoms with Gasteiger partial charge in [-0.05, 0) is 43.4 Å². The van der Waals surface area contributed by atoms with E-state index in [9.17, 15) is 43.2 Å². The summed E-state index contributed by atoms with van der Waals surface area (Å²) < 4.78 is 68.3. The van der Waals surface area contributed by atoms with Gasteiger partial charge in [-0.25, -0.2) is 9.13 Å². The highest BCUT2D eigenvalue weighted by atomic mass is 31.2. The van der Waals surface area contributed by atoms with Crippen LogP contribution in [0.5, 0.6) is 0 Å². The van der Waals surface area contributed by atoms with Gasteiger partial charge in [0.15, 0.2) is 12.2 Å². The van der Waals surface area contributed by atoms with Crippen LogP contribution in [0.4, 0.5) is 0 Å². The number of ether oxygens (including phenoxy) is 4. The maximum Gasteiger partial charge on any atom is 0.472 e. The Morgan fingerprint density at radius 2 is 0.511 bits per heavy atom. The second-order valence-electron chi connectivity index (χ2n) is 27.1. The van der Waals surface area contributed by atoms with Gasteiger partial charge in [0.05, 0.1) is 26.4 Å². The van der Waals surface area contributed by atoms with Crippen molar-refractivity contribution in [2.24, 2.45) is 17.8 Å². The fourth-order valence-electron chi connectivity index (χ4n) is 10.7. The quantitative estimate of drug-likeness (QED) is 0.0222. The van der Waals surface area contributed by atoms with E-state index in [-0.39, 0.29) is 25.7 Å². The van der Waals surface area contributed by atoms with E-state index >= 15 is 0 Å². The first-order valence-corrected chi connectivity index (χ1v) is 39.8. The van der Waals surface area contributed by atoms with Crippen LogP contribution in [0, 0.1) is 17.8 Å². The van der Waals surface area contributed by atoms with Crippen LogP contribution < -0.4 is 0 Å². The van der Waals surface area contributed by atoms with Crippen molar-refractivity contribution in [3.05, 3.63) is 0 Å². The molecule has 0 amide bonds. The zero-order valence-electron chi connectivity index (χ0n) is 58.6. The van der Waals surface area contributed by atoms with Crippen molar-refractivity contribution < 1.29 is 80.2 Å². The Morgan fingerprint density at radius 3 is 0.756 bits per heavy atom. The van der Waals surface area contributed by atoms with Crippen LogP contribution in [0.15, 0.2) is 0 Å². The summed E-state index contributed by atoms with van der Waals surface area (Å²) in [5, 5.41) is 10.6. The first kappa shape index (κ1) is 88.1. The van der Waals surface area contributed by atoms with E-state index in [0.29, 0.717) is 25.7 Å². The SMILES string of the molecule is CCCCCCCCCCCCC(=O)OC[C@H](COP(=O)(O)OC[C@H](O)COP(=O)(O)OC[C@@H](COC(=O)CCCCCCCCCCCCC(C)C)OC(=O)CCCCCCCCCCCCCC(C)C)OC(=O)CCCCCCCCCCCCC(C)C. The minimum Gasteiger partial charge on any atom is -0.462 e. The van der Waals surface area contributed by atoms with E-state index in [0.717, 1.165) is 108 Å². The van der Waals surface area contributed by atoms with Gasteiger partial charge >= 0.3 is 39.5 Å². The molecule has 0 aliphatic carbocycles. The molecule has 0 rings (SSSR count). The number of phosphoric ester groups is 2. The summed E-state index contributed by atoms with van der Waals surface area (Å²) >= 11 is 0. The minimum atomic E-state index is -4.95. The molecule has 5 atom stereocenters. The van der Waals surface area contributed by atoms with Crippen molar-refractivity contribution in [2.45, 2.75) is 375 Å². The van der Waals surface area contributed by atoms with Crippen LogP contribution in [0.3, 0.4) is 0 Å². The van der Waals surface area contributed by atoms with Crippen LogP contribution >= 0.6 is 15.6 Å². The standard InChI is InChI=1S/C71H138O17P2/c1-8-9-10-11-12-13-24-31-38-45-52-68(73)81-58-66(88-71(76)55-48-41-34-27-20-18-23-30-37-44-51-64(6)7)60-85-89(77,78)83-56-65(72)57-84-90(79,80)86-61-67(59-82-69(74)53-46-39-32-25-19-17-22-29-36-43-50-63(4)5)87-70(75)54-47-40-33-26-16-14-15-21-28-35-42-49-62(2)3/h62-67,72H,8-61H2,1-7H3,(H,77,78)(H,79,80)/t65-,66+,67+/m0/s1. The lowest BCUT2D eigenvalue weighted by Gasteiger charge is -2.21. The average molecular weight is 1330 g/mol. The number of unbranched alkanes of at least 4 members (excludes halogenated alkanes) is 37. The van der Waals surface area contributed by atoms with E-state index < -0.39 is 97.5 Å². The molecule has 0 aromatic carbocycles. The third-order valence-electron chi connectivity index (χ3n) is 16.4. The van der Waals surface area contributed by atoms with Crippen LogP contribution in [0.2, 0.25) is 0 Å². The molecule has 0 heterocycles. The number of aliphatic hydroxyl groups is 1. The van der Waals surface area contributed by atoms with Crippen molar-refractivity contribution in [3.63, 3.8) is 0 Å². The number of esters is 4. The third kappa shape index (κ3) is 64.8. The molecule has 0 aromatic heterocycles. The van der Waals surface area contributed by atoms with Gasteiger partial charge in [0.1, 0.15) is 19.3 Å². The van der Waals surface area contributed by atoms with Gasteiger partial charge in [-0.1, -0.05) is 305 Å². The molecule has 0 aliphatic rings. The summed E-state index contributed by atoms with van der Waals surface area (Å²) in [5.41, 5.74) is 0. The highest BCUT2D eigenvalue weighted by molar-refractivity contribution is 7.47. The molecule has 17 nitrogen and oxygen atoms in total. The number of carbonyl (C=O) groups is 4. The van der Waals surface area contributed by atoms with Gasteiger partial charge in [-0.3, -0.25) is 37.3 Å². The highest BCUT2D eigenvalue weighted by Gasteiger charge is 2.30. The minimum absolute atomic E-state index is 0.106. The Kier molecular flexibility index (Phi) is 60.6. The van der Waals surface area contributed by atoms with Crippen molar-refractivity contribution in [2.75, 3.05) is 39.6 Å². The van der Waals surface area contributed by atoms with Gasteiger partial charge < -0.3 is 33.8 Å². The lowest BCUT2D eigenvalue weighted by atomic mass is 10.0. The molecule has 534 valence electrons. The molecule has 3 N–H and O–H groups in total. The van der Waals surface area contributed by atoms with Crippen LogP contribution in [-0.2, 0) is 65.4 Å². The van der Waals surface area contributed by atoms with Gasteiger partial charge in [0.25, 0.3) is 0 Å². The summed E-state index contributed by atoms with van der Waals surface area (Å²) in [6.07, 6.45) is 45.7. The Balaban J connectivity index is 5.26. The monoisotopic (exact) mass is 1320 g/mol. The Bertz CT molecular complexity index is 1770. The molecule has 0 saturated carbocycles. The smallest absolute Gasteiger partial charge is 0.462 e. The number of phosphoric acid groups is 2. The normalized spacial score (nSPS) is 14.2. The molecule has 19 heteroatoms. The lowest BCUT2D eigenvalue weighted by Crippen LogP contribution is -2.30. The van der Waals surface area contributed by atoms with Gasteiger partial charge in [-0.2, -0.15) is 0 Å². The summed E-state index contributed by atoms with van der Waals surface area (Å²) in [5.74, 6) is 0.152. The molecule has 2 unspecified atom stereocenters. The van der Waals surface area contributed by atoms with E-state index in [4.69, 9.17) is 37.0 Å². The Morgan fingerprint density at radius 1 is 0.300 bits per heavy atom. The van der Waals surface area contributed by atoms with Gasteiger partial charge in [0, 0.05) is 25.7 Å². The van der Waals surface area contributed by atoms with Crippen LogP contribution in [0.1, 0.15) is 357 Å². The second kappa shape index (κ2) is 61.9. The number of hydrogen-bond acceptors (Lipinski definition) is 15. The Labute approximate surface area is 549 Å². The fourth-order valence-corrected chi connectivity index (χ4v) is 12.3. The van der Waals surface area contributed by atoms with E-state index in [1.165, 1.54) is 167 Å². The second-order valence-corrected chi connectivity index (χ2v) is 30.0. The summed E-state index contributed by atoms with van der Waals surface area (Å²) in [7, 11) is -9.90. The van der Waals surface area contributed by atoms with Crippen molar-refractivity contribution in [1.29, 1.82) is 0 Å². The number of hydrogen-bond donors (Lipinski definition) is 3. The molecule has 0 spiro atoms. The predicted octanol–water partition coefficient (Wildman–Crippen LogP) is 20.2. The molecule has 90 heavy (non-hydrogen) atoms. The summed E-state index contributed by atoms with van der Waals surface area (Å²) in [6, 6.07) is 0. The number of rotatable bonds is 69. The number of carbonyl (C=O) groups excluding carboxylic acids is 4. The third-order valence-corrected chi connectivity index (χ3v) is 18.3. The molecular weight excluding hydrogens is 1190 g/mol.